The fraction of sp³-hybridized carbons (Fsp3) is 0.400. The van der Waals surface area contributed by atoms with Crippen LogP contribution in [0.5, 0.6) is 0 Å². The van der Waals surface area contributed by atoms with E-state index in [9.17, 15) is 18.8 Å². The molecule has 1 unspecified atom stereocenters. The zero-order chi connectivity index (χ0) is 15.9. The number of halogens is 1. The summed E-state index contributed by atoms with van der Waals surface area (Å²) in [6, 6.07) is 5.18. The van der Waals surface area contributed by atoms with Crippen LogP contribution in [-0.2, 0) is 14.3 Å². The largest absolute Gasteiger partial charge is 0.456 e. The molecular weight excluding hydrogens is 291 g/mol. The first-order valence-corrected chi connectivity index (χ1v) is 7.02. The van der Waals surface area contributed by atoms with E-state index >= 15 is 0 Å². The molecule has 1 saturated heterocycles. The van der Waals surface area contributed by atoms with Gasteiger partial charge in [-0.3, -0.25) is 14.4 Å². The van der Waals surface area contributed by atoms with Crippen molar-refractivity contribution in [1.29, 1.82) is 0 Å². The van der Waals surface area contributed by atoms with Crippen LogP contribution in [0.4, 0.5) is 4.39 Å². The van der Waals surface area contributed by atoms with Gasteiger partial charge in [0.25, 0.3) is 5.91 Å². The standard InChI is InChI=1S/C15H17FN2O4/c16-11-5-2-1-4-10(11)15(21)18-8-14(20)22-9-13(19)12-6-3-7-17-12/h1-2,4-5,12,17H,3,6-9H2,(H,18,21). The molecule has 7 heteroatoms. The van der Waals surface area contributed by atoms with Gasteiger partial charge in [-0.05, 0) is 31.5 Å². The predicted molar refractivity (Wildman–Crippen MR) is 75.7 cm³/mol. The molecule has 1 aliphatic rings. The van der Waals surface area contributed by atoms with E-state index in [0.717, 1.165) is 25.5 Å². The number of ether oxygens (including phenoxy) is 1. The van der Waals surface area contributed by atoms with Crippen molar-refractivity contribution in [3.05, 3.63) is 35.6 Å². The number of carbonyl (C=O) groups excluding carboxylic acids is 3. The molecule has 2 rings (SSSR count). The van der Waals surface area contributed by atoms with Crippen molar-refractivity contribution >= 4 is 17.7 Å². The van der Waals surface area contributed by atoms with Crippen molar-refractivity contribution in [3.8, 4) is 0 Å². The summed E-state index contributed by atoms with van der Waals surface area (Å²) in [5.41, 5.74) is -0.151. The van der Waals surface area contributed by atoms with Crippen LogP contribution in [0.25, 0.3) is 0 Å². The molecular formula is C15H17FN2O4. The normalized spacial score (nSPS) is 17.0. The van der Waals surface area contributed by atoms with E-state index in [-0.39, 0.29) is 24.0 Å². The predicted octanol–water partition coefficient (Wildman–Crippen LogP) is 0.420. The number of hydrogen-bond donors (Lipinski definition) is 2. The van der Waals surface area contributed by atoms with Gasteiger partial charge in [-0.1, -0.05) is 12.1 Å². The lowest BCUT2D eigenvalue weighted by molar-refractivity contribution is -0.147. The molecule has 22 heavy (non-hydrogen) atoms. The Balaban J connectivity index is 1.72. The molecule has 1 fully saturated rings. The summed E-state index contributed by atoms with van der Waals surface area (Å²) in [4.78, 5) is 34.8. The third-order valence-corrected chi connectivity index (χ3v) is 3.34. The van der Waals surface area contributed by atoms with Crippen LogP contribution in [0, 0.1) is 5.82 Å². The molecule has 1 amide bonds. The lowest BCUT2D eigenvalue weighted by atomic mass is 10.1. The molecule has 0 saturated carbocycles. The van der Waals surface area contributed by atoms with Crippen LogP contribution in [0.1, 0.15) is 23.2 Å². The number of amides is 1. The molecule has 1 aliphatic heterocycles. The third kappa shape index (κ3) is 4.36. The van der Waals surface area contributed by atoms with E-state index in [2.05, 4.69) is 10.6 Å². The minimum atomic E-state index is -0.740. The first kappa shape index (κ1) is 16.1. The molecule has 1 aromatic rings. The highest BCUT2D eigenvalue weighted by Crippen LogP contribution is 2.06. The molecule has 6 nitrogen and oxygen atoms in total. The number of benzene rings is 1. The molecule has 118 valence electrons. The molecule has 1 heterocycles. The Hall–Kier alpha value is -2.28. The third-order valence-electron chi connectivity index (χ3n) is 3.34. The molecule has 0 radical (unpaired) electrons. The van der Waals surface area contributed by atoms with E-state index < -0.39 is 24.2 Å². The van der Waals surface area contributed by atoms with Crippen molar-refractivity contribution in [2.24, 2.45) is 0 Å². The summed E-state index contributed by atoms with van der Waals surface area (Å²) < 4.78 is 18.2. The van der Waals surface area contributed by atoms with Crippen molar-refractivity contribution in [2.75, 3.05) is 19.7 Å². The van der Waals surface area contributed by atoms with Crippen LogP contribution in [-0.4, -0.2) is 43.4 Å². The number of esters is 1. The maximum atomic E-state index is 13.4. The van der Waals surface area contributed by atoms with Gasteiger partial charge in [0.15, 0.2) is 12.4 Å². The van der Waals surface area contributed by atoms with Crippen molar-refractivity contribution < 1.29 is 23.5 Å². The Bertz CT molecular complexity index is 570. The monoisotopic (exact) mass is 308 g/mol. The highest BCUT2D eigenvalue weighted by atomic mass is 19.1. The number of Topliss-reactive ketones (excluding diaryl/α,β-unsaturated/α-hetero) is 1. The first-order valence-electron chi connectivity index (χ1n) is 7.02. The number of rotatable bonds is 6. The molecule has 0 aromatic heterocycles. The number of hydrogen-bond acceptors (Lipinski definition) is 5. The Morgan fingerprint density at radius 2 is 2.09 bits per heavy atom. The minimum absolute atomic E-state index is 0.151. The number of carbonyl (C=O) groups is 3. The van der Waals surface area contributed by atoms with Gasteiger partial charge in [0.05, 0.1) is 11.6 Å². The maximum Gasteiger partial charge on any atom is 0.325 e. The maximum absolute atomic E-state index is 13.4. The summed E-state index contributed by atoms with van der Waals surface area (Å²) in [5, 5.41) is 5.26. The summed E-state index contributed by atoms with van der Waals surface area (Å²) in [6.45, 7) is 0.0354. The van der Waals surface area contributed by atoms with Crippen molar-refractivity contribution in [1.82, 2.24) is 10.6 Å². The number of nitrogens with one attached hydrogen (secondary N) is 2. The van der Waals surface area contributed by atoms with Crippen LogP contribution >= 0.6 is 0 Å². The Kier molecular flexibility index (Phi) is 5.60. The molecule has 2 N–H and O–H groups in total. The van der Waals surface area contributed by atoms with Crippen molar-refractivity contribution in [3.63, 3.8) is 0 Å². The second kappa shape index (κ2) is 7.65. The molecule has 0 spiro atoms. The van der Waals surface area contributed by atoms with Crippen LogP contribution in [0.15, 0.2) is 24.3 Å². The van der Waals surface area contributed by atoms with Gasteiger partial charge in [0.1, 0.15) is 12.4 Å². The Morgan fingerprint density at radius 3 is 2.77 bits per heavy atom. The fourth-order valence-electron chi connectivity index (χ4n) is 2.16. The zero-order valence-electron chi connectivity index (χ0n) is 11.9. The van der Waals surface area contributed by atoms with Gasteiger partial charge in [-0.2, -0.15) is 0 Å². The summed E-state index contributed by atoms with van der Waals surface area (Å²) in [5.74, 6) is -2.31. The first-order chi connectivity index (χ1) is 10.6. The zero-order valence-corrected chi connectivity index (χ0v) is 11.9. The van der Waals surface area contributed by atoms with E-state index in [1.54, 1.807) is 0 Å². The van der Waals surface area contributed by atoms with E-state index in [4.69, 9.17) is 4.74 Å². The van der Waals surface area contributed by atoms with Crippen LogP contribution < -0.4 is 10.6 Å². The Labute approximate surface area is 127 Å². The van der Waals surface area contributed by atoms with Crippen LogP contribution in [0.3, 0.4) is 0 Å². The second-order valence-corrected chi connectivity index (χ2v) is 4.94. The molecule has 0 bridgehead atoms. The van der Waals surface area contributed by atoms with Crippen molar-refractivity contribution in [2.45, 2.75) is 18.9 Å². The Morgan fingerprint density at radius 1 is 1.32 bits per heavy atom. The van der Waals surface area contributed by atoms with Gasteiger partial charge >= 0.3 is 5.97 Å². The minimum Gasteiger partial charge on any atom is -0.456 e. The summed E-state index contributed by atoms with van der Waals surface area (Å²) in [6.07, 6.45) is 1.66. The quantitative estimate of drug-likeness (QED) is 0.744. The van der Waals surface area contributed by atoms with Gasteiger partial charge in [0.2, 0.25) is 0 Å². The average molecular weight is 308 g/mol. The SMILES string of the molecule is O=C(CNC(=O)c1ccccc1F)OCC(=O)C1CCCN1. The highest BCUT2D eigenvalue weighted by Gasteiger charge is 2.23. The average Bonchev–Trinajstić information content (AvgIpc) is 3.05. The lowest BCUT2D eigenvalue weighted by Gasteiger charge is -2.10. The van der Waals surface area contributed by atoms with Gasteiger partial charge in [-0.25, -0.2) is 4.39 Å². The molecule has 0 aliphatic carbocycles. The number of ketones is 1. The summed E-state index contributed by atoms with van der Waals surface area (Å²) >= 11 is 0. The molecule has 1 atom stereocenters. The van der Waals surface area contributed by atoms with E-state index in [0.29, 0.717) is 0 Å². The summed E-state index contributed by atoms with van der Waals surface area (Å²) in [7, 11) is 0. The van der Waals surface area contributed by atoms with E-state index in [1.807, 2.05) is 0 Å². The van der Waals surface area contributed by atoms with Crippen LogP contribution in [0.2, 0.25) is 0 Å². The smallest absolute Gasteiger partial charge is 0.325 e. The van der Waals surface area contributed by atoms with Gasteiger partial charge in [-0.15, -0.1) is 0 Å². The highest BCUT2D eigenvalue weighted by molar-refractivity contribution is 5.96. The molecule has 1 aromatic carbocycles. The van der Waals surface area contributed by atoms with E-state index in [1.165, 1.54) is 18.2 Å². The lowest BCUT2D eigenvalue weighted by Crippen LogP contribution is -2.36. The topological polar surface area (TPSA) is 84.5 Å². The van der Waals surface area contributed by atoms with Gasteiger partial charge < -0.3 is 15.4 Å². The fourth-order valence-corrected chi connectivity index (χ4v) is 2.16. The second-order valence-electron chi connectivity index (χ2n) is 4.94. The van der Waals surface area contributed by atoms with Gasteiger partial charge in [0, 0.05) is 0 Å².